The summed E-state index contributed by atoms with van der Waals surface area (Å²) in [7, 11) is -3.11. The van der Waals surface area contributed by atoms with E-state index in [9.17, 15) is 8.42 Å². The maximum absolute atomic E-state index is 11.3. The molecule has 2 heterocycles. The molecular formula is C17H23N3O2S2. The van der Waals surface area contributed by atoms with Crippen LogP contribution in [0, 0.1) is 5.92 Å². The minimum absolute atomic E-state index is 0.376. The van der Waals surface area contributed by atoms with E-state index in [4.69, 9.17) is 4.98 Å². The Morgan fingerprint density at radius 2 is 2.12 bits per heavy atom. The first-order valence-electron chi connectivity index (χ1n) is 8.16. The molecule has 0 bridgehead atoms. The summed E-state index contributed by atoms with van der Waals surface area (Å²) in [4.78, 5) is 7.13. The topological polar surface area (TPSA) is 62.3 Å². The van der Waals surface area contributed by atoms with Crippen molar-refractivity contribution in [3.8, 4) is 10.6 Å². The van der Waals surface area contributed by atoms with Gasteiger partial charge in [0, 0.05) is 30.6 Å². The van der Waals surface area contributed by atoms with E-state index in [1.54, 1.807) is 11.3 Å². The lowest BCUT2D eigenvalue weighted by molar-refractivity contribution is 0.167. The van der Waals surface area contributed by atoms with Crippen LogP contribution in [0.25, 0.3) is 10.6 Å². The number of rotatable bonds is 6. The van der Waals surface area contributed by atoms with Crippen LogP contribution in [0.4, 0.5) is 0 Å². The van der Waals surface area contributed by atoms with Gasteiger partial charge < -0.3 is 0 Å². The van der Waals surface area contributed by atoms with E-state index < -0.39 is 10.0 Å². The Bertz CT molecular complexity index is 759. The van der Waals surface area contributed by atoms with Gasteiger partial charge in [-0.3, -0.25) is 4.90 Å². The normalized spacial score (nSPS) is 19.5. The Morgan fingerprint density at radius 3 is 2.88 bits per heavy atom. The van der Waals surface area contributed by atoms with Gasteiger partial charge in [-0.25, -0.2) is 18.1 Å². The van der Waals surface area contributed by atoms with Gasteiger partial charge >= 0.3 is 0 Å². The molecular weight excluding hydrogens is 342 g/mol. The van der Waals surface area contributed by atoms with E-state index >= 15 is 0 Å². The molecule has 1 aliphatic heterocycles. The Labute approximate surface area is 147 Å². The smallest absolute Gasteiger partial charge is 0.208 e. The maximum atomic E-state index is 11.3. The molecule has 130 valence electrons. The van der Waals surface area contributed by atoms with Gasteiger partial charge in [0.05, 0.1) is 11.9 Å². The van der Waals surface area contributed by atoms with Crippen molar-refractivity contribution in [1.82, 2.24) is 14.6 Å². The first kappa shape index (κ1) is 17.5. The highest BCUT2D eigenvalue weighted by atomic mass is 32.2. The first-order valence-corrected chi connectivity index (χ1v) is 10.9. The number of hydrogen-bond donors (Lipinski definition) is 1. The first-order chi connectivity index (χ1) is 11.5. The molecule has 0 spiro atoms. The molecule has 1 aromatic heterocycles. The second kappa shape index (κ2) is 7.74. The average molecular weight is 366 g/mol. The van der Waals surface area contributed by atoms with Crippen LogP contribution in [0.15, 0.2) is 35.7 Å². The number of benzene rings is 1. The van der Waals surface area contributed by atoms with Crippen LogP contribution < -0.4 is 4.72 Å². The number of likely N-dealkylation sites (tertiary alicyclic amines) is 1. The fraction of sp³-hybridized carbons (Fsp3) is 0.471. The van der Waals surface area contributed by atoms with Gasteiger partial charge in [0.2, 0.25) is 10.0 Å². The summed E-state index contributed by atoms with van der Waals surface area (Å²) in [5.74, 6) is 0.376. The highest BCUT2D eigenvalue weighted by molar-refractivity contribution is 7.88. The number of piperidine rings is 1. The van der Waals surface area contributed by atoms with Crippen molar-refractivity contribution in [3.05, 3.63) is 41.4 Å². The summed E-state index contributed by atoms with van der Waals surface area (Å²) >= 11 is 1.68. The minimum Gasteiger partial charge on any atom is -0.297 e. The van der Waals surface area contributed by atoms with E-state index in [0.29, 0.717) is 12.5 Å². The van der Waals surface area contributed by atoms with Crippen molar-refractivity contribution >= 4 is 21.4 Å². The van der Waals surface area contributed by atoms with Gasteiger partial charge in [-0.2, -0.15) is 0 Å². The largest absolute Gasteiger partial charge is 0.297 e. The van der Waals surface area contributed by atoms with Crippen molar-refractivity contribution in [1.29, 1.82) is 0 Å². The van der Waals surface area contributed by atoms with Crippen LogP contribution in [0.3, 0.4) is 0 Å². The van der Waals surface area contributed by atoms with E-state index in [1.165, 1.54) is 6.26 Å². The van der Waals surface area contributed by atoms with Crippen molar-refractivity contribution in [2.75, 3.05) is 25.9 Å². The third-order valence-electron chi connectivity index (χ3n) is 4.20. The van der Waals surface area contributed by atoms with E-state index in [1.807, 2.05) is 18.2 Å². The molecule has 5 nitrogen and oxygen atoms in total. The van der Waals surface area contributed by atoms with Crippen molar-refractivity contribution in [3.63, 3.8) is 0 Å². The van der Waals surface area contributed by atoms with Crippen molar-refractivity contribution in [2.45, 2.75) is 19.4 Å². The molecule has 24 heavy (non-hydrogen) atoms. The summed E-state index contributed by atoms with van der Waals surface area (Å²) in [5, 5.41) is 3.18. The lowest BCUT2D eigenvalue weighted by atomic mass is 9.98. The minimum atomic E-state index is -3.11. The van der Waals surface area contributed by atoms with Gasteiger partial charge in [0.1, 0.15) is 5.01 Å². The van der Waals surface area contributed by atoms with E-state index in [-0.39, 0.29) is 0 Å². The molecule has 1 saturated heterocycles. The standard InChI is InChI=1S/C17H23N3O2S2/c1-24(21,22)18-10-14-6-5-9-20(11-14)12-16-13-23-17(19-16)15-7-3-2-4-8-15/h2-4,7-8,13-14,18H,5-6,9-12H2,1H3/t14-/m0/s1. The Kier molecular flexibility index (Phi) is 5.65. The third kappa shape index (κ3) is 5.11. The summed E-state index contributed by atoms with van der Waals surface area (Å²) in [6.07, 6.45) is 3.39. The van der Waals surface area contributed by atoms with Gasteiger partial charge in [-0.05, 0) is 25.3 Å². The molecule has 1 N–H and O–H groups in total. The van der Waals surface area contributed by atoms with Gasteiger partial charge in [-0.1, -0.05) is 30.3 Å². The second-order valence-electron chi connectivity index (χ2n) is 6.37. The molecule has 0 amide bonds. The molecule has 1 fully saturated rings. The lowest BCUT2D eigenvalue weighted by Gasteiger charge is -2.32. The summed E-state index contributed by atoms with van der Waals surface area (Å²) in [5.41, 5.74) is 2.25. The highest BCUT2D eigenvalue weighted by Crippen LogP contribution is 2.25. The van der Waals surface area contributed by atoms with Crippen LogP contribution in [-0.4, -0.2) is 44.2 Å². The Hall–Kier alpha value is -1.28. The zero-order valence-corrected chi connectivity index (χ0v) is 15.4. The number of nitrogens with one attached hydrogen (secondary N) is 1. The quantitative estimate of drug-likeness (QED) is 0.855. The van der Waals surface area contributed by atoms with Gasteiger partial charge in [0.15, 0.2) is 0 Å². The molecule has 0 saturated carbocycles. The summed E-state index contributed by atoms with van der Waals surface area (Å²) in [6.45, 7) is 3.33. The predicted octanol–water partition coefficient (Wildman–Crippen LogP) is 2.57. The fourth-order valence-electron chi connectivity index (χ4n) is 3.05. The number of sulfonamides is 1. The maximum Gasteiger partial charge on any atom is 0.208 e. The fourth-order valence-corrected chi connectivity index (χ4v) is 4.41. The van der Waals surface area contributed by atoms with Crippen molar-refractivity contribution in [2.24, 2.45) is 5.92 Å². The number of thiazole rings is 1. The van der Waals surface area contributed by atoms with Crippen molar-refractivity contribution < 1.29 is 8.42 Å². The third-order valence-corrected chi connectivity index (χ3v) is 5.83. The molecule has 0 radical (unpaired) electrons. The number of hydrogen-bond acceptors (Lipinski definition) is 5. The molecule has 1 aromatic carbocycles. The van der Waals surface area contributed by atoms with Gasteiger partial charge in [0.25, 0.3) is 0 Å². The second-order valence-corrected chi connectivity index (χ2v) is 9.07. The van der Waals surface area contributed by atoms with Crippen LogP contribution in [0.1, 0.15) is 18.5 Å². The SMILES string of the molecule is CS(=O)(=O)NC[C@@H]1CCCN(Cc2csc(-c3ccccc3)n2)C1. The molecule has 0 aliphatic carbocycles. The van der Waals surface area contributed by atoms with Crippen LogP contribution in [0.5, 0.6) is 0 Å². The Morgan fingerprint density at radius 1 is 1.33 bits per heavy atom. The van der Waals surface area contributed by atoms with Crippen LogP contribution in [0.2, 0.25) is 0 Å². The van der Waals surface area contributed by atoms with E-state index in [2.05, 4.69) is 27.1 Å². The number of nitrogens with zero attached hydrogens (tertiary/aromatic N) is 2. The molecule has 1 atom stereocenters. The number of aromatic nitrogens is 1. The molecule has 7 heteroatoms. The molecule has 3 rings (SSSR count). The van der Waals surface area contributed by atoms with E-state index in [0.717, 1.165) is 48.7 Å². The predicted molar refractivity (Wildman–Crippen MR) is 98.4 cm³/mol. The van der Waals surface area contributed by atoms with Crippen LogP contribution >= 0.6 is 11.3 Å². The highest BCUT2D eigenvalue weighted by Gasteiger charge is 2.21. The lowest BCUT2D eigenvalue weighted by Crippen LogP contribution is -2.40. The monoisotopic (exact) mass is 365 g/mol. The average Bonchev–Trinajstić information content (AvgIpc) is 3.02. The molecule has 2 aromatic rings. The molecule has 0 unspecified atom stereocenters. The van der Waals surface area contributed by atoms with Crippen LogP contribution in [-0.2, 0) is 16.6 Å². The van der Waals surface area contributed by atoms with Gasteiger partial charge in [-0.15, -0.1) is 11.3 Å². The summed E-state index contributed by atoms with van der Waals surface area (Å²) in [6, 6.07) is 10.2. The molecule has 1 aliphatic rings. The zero-order valence-electron chi connectivity index (χ0n) is 13.8. The summed E-state index contributed by atoms with van der Waals surface area (Å²) < 4.78 is 25.1. The zero-order chi connectivity index (χ0) is 17.0. The Balaban J connectivity index is 1.57.